The van der Waals surface area contributed by atoms with Crippen LogP contribution in [0.3, 0.4) is 0 Å². The summed E-state index contributed by atoms with van der Waals surface area (Å²) in [6, 6.07) is 7.32. The summed E-state index contributed by atoms with van der Waals surface area (Å²) >= 11 is 0. The number of hydrogen-bond acceptors (Lipinski definition) is 3. The van der Waals surface area contributed by atoms with Crippen molar-refractivity contribution in [3.05, 3.63) is 30.1 Å². The van der Waals surface area contributed by atoms with Crippen molar-refractivity contribution in [2.24, 2.45) is 5.92 Å². The fraction of sp³-hybridized carbons (Fsp3) is 0.600. The normalized spacial score (nSPS) is 24.6. The Bertz CT molecular complexity index is 408. The van der Waals surface area contributed by atoms with Crippen molar-refractivity contribution in [1.82, 2.24) is 10.2 Å². The third-order valence-corrected chi connectivity index (χ3v) is 3.54. The molecule has 0 aliphatic carbocycles. The molecule has 0 amide bonds. The Morgan fingerprint density at radius 1 is 1.37 bits per heavy atom. The highest BCUT2D eigenvalue weighted by Gasteiger charge is 2.24. The summed E-state index contributed by atoms with van der Waals surface area (Å²) in [4.78, 5) is 4.53. The van der Waals surface area contributed by atoms with E-state index in [0.29, 0.717) is 12.0 Å². The van der Waals surface area contributed by atoms with Crippen molar-refractivity contribution >= 4 is 5.69 Å². The van der Waals surface area contributed by atoms with E-state index in [1.54, 1.807) is 12.1 Å². The van der Waals surface area contributed by atoms with Gasteiger partial charge >= 0.3 is 0 Å². The van der Waals surface area contributed by atoms with Gasteiger partial charge in [0.2, 0.25) is 0 Å². The van der Waals surface area contributed by atoms with Crippen molar-refractivity contribution in [1.29, 1.82) is 0 Å². The molecule has 1 N–H and O–H groups in total. The first-order valence-corrected chi connectivity index (χ1v) is 6.94. The van der Waals surface area contributed by atoms with Gasteiger partial charge in [-0.3, -0.25) is 0 Å². The second-order valence-corrected chi connectivity index (χ2v) is 5.81. The number of halogens is 1. The standard InChI is InChI=1S/C15H24FN3/c1-12-8-17-9-15(11-18(2)3)19(10-12)14-6-4-5-13(16)7-14/h4-7,12,15,17H,8-11H2,1-3H3. The number of anilines is 1. The average Bonchev–Trinajstić information content (AvgIpc) is 2.51. The van der Waals surface area contributed by atoms with Gasteiger partial charge in [-0.05, 0) is 44.8 Å². The van der Waals surface area contributed by atoms with Crippen molar-refractivity contribution in [3.8, 4) is 0 Å². The van der Waals surface area contributed by atoms with Gasteiger partial charge in [0.15, 0.2) is 0 Å². The minimum absolute atomic E-state index is 0.161. The first kappa shape index (κ1) is 14.3. The molecule has 1 aliphatic heterocycles. The summed E-state index contributed by atoms with van der Waals surface area (Å²) in [7, 11) is 4.16. The van der Waals surface area contributed by atoms with Crippen molar-refractivity contribution < 1.29 is 4.39 Å². The lowest BCUT2D eigenvalue weighted by Crippen LogP contribution is -2.46. The first-order chi connectivity index (χ1) is 9.06. The molecule has 0 saturated carbocycles. The van der Waals surface area contributed by atoms with Crippen LogP contribution >= 0.6 is 0 Å². The summed E-state index contributed by atoms with van der Waals surface area (Å²) in [6.45, 7) is 6.14. The zero-order valence-electron chi connectivity index (χ0n) is 12.1. The average molecular weight is 265 g/mol. The lowest BCUT2D eigenvalue weighted by atomic mass is 10.1. The Morgan fingerprint density at radius 3 is 2.84 bits per heavy atom. The van der Waals surface area contributed by atoms with Gasteiger partial charge in [0.25, 0.3) is 0 Å². The quantitative estimate of drug-likeness (QED) is 0.899. The highest BCUT2D eigenvalue weighted by atomic mass is 19.1. The molecule has 106 valence electrons. The van der Waals surface area contributed by atoms with Crippen LogP contribution in [-0.4, -0.2) is 51.2 Å². The first-order valence-electron chi connectivity index (χ1n) is 6.94. The lowest BCUT2D eigenvalue weighted by Gasteiger charge is -2.34. The molecule has 0 aromatic heterocycles. The monoisotopic (exact) mass is 265 g/mol. The third kappa shape index (κ3) is 3.91. The predicted octanol–water partition coefficient (Wildman–Crippen LogP) is 1.80. The second-order valence-electron chi connectivity index (χ2n) is 5.81. The van der Waals surface area contributed by atoms with E-state index >= 15 is 0 Å². The molecular weight excluding hydrogens is 241 g/mol. The van der Waals surface area contributed by atoms with Crippen LogP contribution in [0.2, 0.25) is 0 Å². The fourth-order valence-corrected chi connectivity index (χ4v) is 2.71. The van der Waals surface area contributed by atoms with E-state index in [4.69, 9.17) is 0 Å². The minimum Gasteiger partial charge on any atom is -0.366 e. The van der Waals surface area contributed by atoms with Gasteiger partial charge in [-0.25, -0.2) is 4.39 Å². The Kier molecular flexibility index (Phi) is 4.77. The van der Waals surface area contributed by atoms with E-state index in [-0.39, 0.29) is 5.82 Å². The molecule has 2 unspecified atom stereocenters. The third-order valence-electron chi connectivity index (χ3n) is 3.54. The van der Waals surface area contributed by atoms with Gasteiger partial charge in [0.1, 0.15) is 5.82 Å². The Balaban J connectivity index is 2.23. The summed E-state index contributed by atoms with van der Waals surface area (Å²) in [5, 5.41) is 3.50. The van der Waals surface area contributed by atoms with Gasteiger partial charge < -0.3 is 15.1 Å². The highest BCUT2D eigenvalue weighted by Crippen LogP contribution is 2.21. The van der Waals surface area contributed by atoms with Gasteiger partial charge in [0.05, 0.1) is 6.04 Å². The van der Waals surface area contributed by atoms with E-state index in [2.05, 4.69) is 36.1 Å². The Hall–Kier alpha value is -1.13. The zero-order chi connectivity index (χ0) is 13.8. The maximum atomic E-state index is 13.5. The molecule has 2 rings (SSSR count). The van der Waals surface area contributed by atoms with E-state index in [9.17, 15) is 4.39 Å². The van der Waals surface area contributed by atoms with Crippen LogP contribution in [0.25, 0.3) is 0 Å². The number of hydrogen-bond donors (Lipinski definition) is 1. The molecule has 0 spiro atoms. The van der Waals surface area contributed by atoms with Crippen molar-refractivity contribution in [3.63, 3.8) is 0 Å². The summed E-state index contributed by atoms with van der Waals surface area (Å²) in [5.41, 5.74) is 0.988. The van der Waals surface area contributed by atoms with Crippen LogP contribution in [-0.2, 0) is 0 Å². The van der Waals surface area contributed by atoms with E-state index in [0.717, 1.165) is 31.9 Å². The zero-order valence-corrected chi connectivity index (χ0v) is 12.1. The Morgan fingerprint density at radius 2 is 2.16 bits per heavy atom. The molecule has 0 radical (unpaired) electrons. The lowest BCUT2D eigenvalue weighted by molar-refractivity contribution is 0.360. The molecule has 1 aromatic carbocycles. The molecular formula is C15H24FN3. The maximum absolute atomic E-state index is 13.5. The van der Waals surface area contributed by atoms with Crippen molar-refractivity contribution in [2.75, 3.05) is 45.2 Å². The largest absolute Gasteiger partial charge is 0.366 e. The SMILES string of the molecule is CC1CNCC(CN(C)C)N(c2cccc(F)c2)C1. The van der Waals surface area contributed by atoms with E-state index in [1.165, 1.54) is 6.07 Å². The number of nitrogens with one attached hydrogen (secondary N) is 1. The fourth-order valence-electron chi connectivity index (χ4n) is 2.71. The molecule has 1 heterocycles. The van der Waals surface area contributed by atoms with Crippen molar-refractivity contribution in [2.45, 2.75) is 13.0 Å². The van der Waals surface area contributed by atoms with Gasteiger partial charge in [-0.15, -0.1) is 0 Å². The smallest absolute Gasteiger partial charge is 0.125 e. The molecule has 1 aromatic rings. The molecule has 4 heteroatoms. The number of likely N-dealkylation sites (N-methyl/N-ethyl adjacent to an activating group) is 1. The summed E-state index contributed by atoms with van der Waals surface area (Å²) in [6.07, 6.45) is 0. The van der Waals surface area contributed by atoms with Crippen LogP contribution in [0.15, 0.2) is 24.3 Å². The van der Waals surface area contributed by atoms with Crippen LogP contribution in [0.5, 0.6) is 0 Å². The van der Waals surface area contributed by atoms with Crippen LogP contribution in [0, 0.1) is 11.7 Å². The van der Waals surface area contributed by atoms with Gasteiger partial charge in [-0.2, -0.15) is 0 Å². The Labute approximate surface area is 115 Å². The van der Waals surface area contributed by atoms with Gasteiger partial charge in [0, 0.05) is 25.3 Å². The molecule has 1 aliphatic rings. The topological polar surface area (TPSA) is 18.5 Å². The summed E-state index contributed by atoms with van der Waals surface area (Å²) in [5.74, 6) is 0.404. The second kappa shape index (κ2) is 6.35. The molecule has 1 saturated heterocycles. The number of nitrogens with zero attached hydrogens (tertiary/aromatic N) is 2. The number of rotatable bonds is 3. The molecule has 2 atom stereocenters. The molecule has 19 heavy (non-hydrogen) atoms. The number of benzene rings is 1. The molecule has 0 bridgehead atoms. The maximum Gasteiger partial charge on any atom is 0.125 e. The van der Waals surface area contributed by atoms with E-state index in [1.807, 2.05) is 6.07 Å². The van der Waals surface area contributed by atoms with Crippen LogP contribution in [0.4, 0.5) is 10.1 Å². The van der Waals surface area contributed by atoms with Crippen LogP contribution < -0.4 is 10.2 Å². The van der Waals surface area contributed by atoms with E-state index < -0.39 is 0 Å². The highest BCUT2D eigenvalue weighted by molar-refractivity contribution is 5.48. The minimum atomic E-state index is -0.161. The van der Waals surface area contributed by atoms with Crippen LogP contribution in [0.1, 0.15) is 6.92 Å². The predicted molar refractivity (Wildman–Crippen MR) is 78.1 cm³/mol. The summed E-state index contributed by atoms with van der Waals surface area (Å²) < 4.78 is 13.5. The molecule has 3 nitrogen and oxygen atoms in total. The molecule has 1 fully saturated rings. The van der Waals surface area contributed by atoms with Gasteiger partial charge in [-0.1, -0.05) is 13.0 Å².